The van der Waals surface area contributed by atoms with E-state index in [1.807, 2.05) is 12.3 Å². The Morgan fingerprint density at radius 2 is 1.65 bits per heavy atom. The molecule has 0 spiro atoms. The Morgan fingerprint density at radius 3 is 2.41 bits per heavy atom. The number of para-hydroxylation sites is 1. The Bertz CT molecular complexity index is 1650. The predicted octanol–water partition coefficient (Wildman–Crippen LogP) is 8.38. The lowest BCUT2D eigenvalue weighted by Crippen LogP contribution is -2.31. The highest BCUT2D eigenvalue weighted by Gasteiger charge is 2.35. The minimum absolute atomic E-state index is 0.302. The fourth-order valence-electron chi connectivity index (χ4n) is 6.07. The second kappa shape index (κ2) is 8.17. The van der Waals surface area contributed by atoms with Crippen molar-refractivity contribution < 1.29 is 0 Å². The van der Waals surface area contributed by atoms with Gasteiger partial charge in [0.1, 0.15) is 5.82 Å². The van der Waals surface area contributed by atoms with Crippen molar-refractivity contribution in [3.63, 3.8) is 0 Å². The first kappa shape index (κ1) is 22.1. The number of rotatable bonds is 3. The maximum Gasteiger partial charge on any atom is 0.154 e. The minimum Gasteiger partial charge on any atom is -0.338 e. The van der Waals surface area contributed by atoms with Crippen LogP contribution < -0.4 is 5.32 Å². The first-order valence-electron chi connectivity index (χ1n) is 13.1. The summed E-state index contributed by atoms with van der Waals surface area (Å²) in [5.41, 5.74) is 11.8. The molecular weight excluding hydrogens is 452 g/mol. The molecule has 2 aliphatic rings. The van der Waals surface area contributed by atoms with Gasteiger partial charge in [0.2, 0.25) is 0 Å². The lowest BCUT2D eigenvalue weighted by Gasteiger charge is -2.40. The molecule has 3 heterocycles. The van der Waals surface area contributed by atoms with Gasteiger partial charge in [0.15, 0.2) is 5.82 Å². The molecule has 37 heavy (non-hydrogen) atoms. The average molecular weight is 483 g/mol. The molecule has 7 rings (SSSR count). The van der Waals surface area contributed by atoms with Gasteiger partial charge in [0.25, 0.3) is 0 Å². The van der Waals surface area contributed by atoms with E-state index in [1.54, 1.807) is 0 Å². The largest absolute Gasteiger partial charge is 0.338 e. The number of anilines is 2. The molecule has 0 atom stereocenters. The highest BCUT2D eigenvalue weighted by atomic mass is 15.2. The summed E-state index contributed by atoms with van der Waals surface area (Å²) in [5.74, 6) is 1.76. The van der Waals surface area contributed by atoms with E-state index in [0.717, 1.165) is 45.5 Å². The summed E-state index contributed by atoms with van der Waals surface area (Å²) in [7, 11) is 0. The molecule has 4 heteroatoms. The van der Waals surface area contributed by atoms with Crippen LogP contribution in [-0.4, -0.2) is 14.5 Å². The summed E-state index contributed by atoms with van der Waals surface area (Å²) >= 11 is 0. The summed E-state index contributed by atoms with van der Waals surface area (Å²) in [6, 6.07) is 28.2. The first-order valence-corrected chi connectivity index (χ1v) is 13.1. The topological polar surface area (TPSA) is 42.7 Å². The van der Waals surface area contributed by atoms with Gasteiger partial charge in [-0.2, -0.15) is 0 Å². The molecule has 3 aromatic carbocycles. The molecule has 0 radical (unpaired) electrons. The van der Waals surface area contributed by atoms with Crippen molar-refractivity contribution in [3.8, 4) is 39.6 Å². The smallest absolute Gasteiger partial charge is 0.154 e. The zero-order valence-electron chi connectivity index (χ0n) is 21.5. The molecule has 0 unspecified atom stereocenters. The van der Waals surface area contributed by atoms with Crippen LogP contribution in [-0.2, 0) is 5.41 Å². The van der Waals surface area contributed by atoms with Crippen molar-refractivity contribution >= 4 is 11.5 Å². The maximum absolute atomic E-state index is 5.35. The monoisotopic (exact) mass is 482 g/mol. The molecular formula is C33H30N4. The quantitative estimate of drug-likeness (QED) is 0.275. The van der Waals surface area contributed by atoms with Crippen LogP contribution >= 0.6 is 0 Å². The van der Waals surface area contributed by atoms with Crippen LogP contribution in [0.15, 0.2) is 85.1 Å². The van der Waals surface area contributed by atoms with Gasteiger partial charge in [-0.05, 0) is 73.6 Å². The number of imidazole rings is 1. The molecule has 1 aliphatic carbocycles. The highest BCUT2D eigenvalue weighted by Crippen LogP contribution is 2.47. The number of fused-ring (bicyclic) bond motifs is 5. The highest BCUT2D eigenvalue weighted by molar-refractivity contribution is 5.91. The van der Waals surface area contributed by atoms with Crippen molar-refractivity contribution in [2.75, 3.05) is 5.32 Å². The number of hydrogen-bond acceptors (Lipinski definition) is 3. The van der Waals surface area contributed by atoms with Gasteiger partial charge in [0, 0.05) is 22.9 Å². The third-order valence-electron chi connectivity index (χ3n) is 8.26. The molecule has 0 saturated heterocycles. The maximum atomic E-state index is 5.35. The van der Waals surface area contributed by atoms with Crippen LogP contribution in [0.25, 0.3) is 39.6 Å². The predicted molar refractivity (Wildman–Crippen MR) is 152 cm³/mol. The number of nitrogens with zero attached hydrogens (tertiary/aromatic N) is 3. The number of aromatic nitrogens is 3. The van der Waals surface area contributed by atoms with Gasteiger partial charge in [-0.1, -0.05) is 67.4 Å². The summed E-state index contributed by atoms with van der Waals surface area (Å²) in [5, 5.41) is 3.57. The lowest BCUT2D eigenvalue weighted by molar-refractivity contribution is 0.271. The van der Waals surface area contributed by atoms with Gasteiger partial charge >= 0.3 is 0 Å². The SMILES string of the molecule is Cc1ccc(-c2nc3n(c2-c2ccc(C4(C)CCC4)c(C)c2)-c2cccnc2Nc2ccccc2-3)cc1. The molecule has 0 amide bonds. The Morgan fingerprint density at radius 1 is 0.865 bits per heavy atom. The van der Waals surface area contributed by atoms with E-state index in [1.165, 1.54) is 41.5 Å². The van der Waals surface area contributed by atoms with Gasteiger partial charge < -0.3 is 5.32 Å². The number of benzene rings is 3. The summed E-state index contributed by atoms with van der Waals surface area (Å²) in [4.78, 5) is 10.1. The van der Waals surface area contributed by atoms with Gasteiger partial charge in [-0.3, -0.25) is 4.57 Å². The molecule has 2 aromatic heterocycles. The molecule has 1 aliphatic heterocycles. The van der Waals surface area contributed by atoms with E-state index in [4.69, 9.17) is 9.97 Å². The molecule has 1 fully saturated rings. The molecule has 182 valence electrons. The molecule has 0 bridgehead atoms. The average Bonchev–Trinajstić information content (AvgIpc) is 3.22. The van der Waals surface area contributed by atoms with E-state index in [2.05, 4.69) is 103 Å². The second-order valence-electron chi connectivity index (χ2n) is 10.8. The van der Waals surface area contributed by atoms with Crippen molar-refractivity contribution in [3.05, 3.63) is 102 Å². The minimum atomic E-state index is 0.302. The third kappa shape index (κ3) is 3.43. The van der Waals surface area contributed by atoms with Crippen molar-refractivity contribution in [1.82, 2.24) is 14.5 Å². The molecule has 5 aromatic rings. The van der Waals surface area contributed by atoms with Crippen LogP contribution in [0.5, 0.6) is 0 Å². The van der Waals surface area contributed by atoms with Crippen LogP contribution in [0, 0.1) is 13.8 Å². The summed E-state index contributed by atoms with van der Waals surface area (Å²) in [6.45, 7) is 6.80. The Hall–Kier alpha value is -4.18. The van der Waals surface area contributed by atoms with Crippen LogP contribution in [0.4, 0.5) is 11.5 Å². The third-order valence-corrected chi connectivity index (χ3v) is 8.26. The fourth-order valence-corrected chi connectivity index (χ4v) is 6.07. The van der Waals surface area contributed by atoms with E-state index >= 15 is 0 Å². The Labute approximate surface area is 218 Å². The first-order chi connectivity index (χ1) is 18.0. The van der Waals surface area contributed by atoms with Gasteiger partial charge in [-0.15, -0.1) is 0 Å². The number of aryl methyl sites for hydroxylation is 2. The summed E-state index contributed by atoms with van der Waals surface area (Å²) in [6.07, 6.45) is 5.70. The van der Waals surface area contributed by atoms with Crippen molar-refractivity contribution in [2.45, 2.75) is 45.4 Å². The zero-order chi connectivity index (χ0) is 25.1. The summed E-state index contributed by atoms with van der Waals surface area (Å²) < 4.78 is 2.30. The van der Waals surface area contributed by atoms with Crippen molar-refractivity contribution in [2.24, 2.45) is 0 Å². The number of hydrogen-bond donors (Lipinski definition) is 1. The number of pyridine rings is 1. The van der Waals surface area contributed by atoms with E-state index in [9.17, 15) is 0 Å². The molecule has 4 nitrogen and oxygen atoms in total. The van der Waals surface area contributed by atoms with Crippen LogP contribution in [0.1, 0.15) is 42.9 Å². The lowest BCUT2D eigenvalue weighted by atomic mass is 9.65. The van der Waals surface area contributed by atoms with Crippen LogP contribution in [0.3, 0.4) is 0 Å². The Balaban J connectivity index is 1.55. The second-order valence-corrected chi connectivity index (χ2v) is 10.8. The van der Waals surface area contributed by atoms with Gasteiger partial charge in [0.05, 0.1) is 22.8 Å². The van der Waals surface area contributed by atoms with E-state index in [0.29, 0.717) is 5.41 Å². The molecule has 1 N–H and O–H groups in total. The molecule has 1 saturated carbocycles. The van der Waals surface area contributed by atoms with Crippen LogP contribution in [0.2, 0.25) is 0 Å². The number of nitrogens with one attached hydrogen (secondary N) is 1. The fraction of sp³-hybridized carbons (Fsp3) is 0.212. The van der Waals surface area contributed by atoms with Crippen molar-refractivity contribution in [1.29, 1.82) is 0 Å². The zero-order valence-corrected chi connectivity index (χ0v) is 21.5. The standard InChI is InChI=1S/C33H30N4/c1-21-11-13-23(14-12-21)29-30(24-15-16-26(22(2)20-24)33(3)17-7-18-33)37-28-10-6-19-34-31(28)35-27-9-5-4-8-25(27)32(37)36-29/h4-6,8-16,19-20H,7,17-18H2,1-3H3,(H,34,35). The van der Waals surface area contributed by atoms with E-state index in [-0.39, 0.29) is 0 Å². The Kier molecular flexibility index (Phi) is 4.87. The van der Waals surface area contributed by atoms with E-state index < -0.39 is 0 Å². The normalized spacial score (nSPS) is 15.0. The van der Waals surface area contributed by atoms with Gasteiger partial charge in [-0.25, -0.2) is 9.97 Å².